The van der Waals surface area contributed by atoms with E-state index in [-0.39, 0.29) is 6.54 Å². The van der Waals surface area contributed by atoms with Crippen molar-refractivity contribution in [3.05, 3.63) is 0 Å². The van der Waals surface area contributed by atoms with Crippen LogP contribution in [-0.2, 0) is 0 Å². The highest BCUT2D eigenvalue weighted by atomic mass is 19.1. The van der Waals surface area contributed by atoms with E-state index < -0.39 is 6.17 Å². The maximum absolute atomic E-state index is 12.9. The van der Waals surface area contributed by atoms with E-state index in [4.69, 9.17) is 5.73 Å². The third-order valence-corrected chi connectivity index (χ3v) is 2.82. The van der Waals surface area contributed by atoms with Crippen LogP contribution in [0, 0.1) is 5.92 Å². The van der Waals surface area contributed by atoms with Crippen LogP contribution in [0.2, 0.25) is 0 Å². The lowest BCUT2D eigenvalue weighted by Crippen LogP contribution is -2.18. The van der Waals surface area contributed by atoms with Gasteiger partial charge in [-0.1, -0.05) is 38.5 Å². The molecule has 0 aromatic heterocycles. The second kappa shape index (κ2) is 5.52. The van der Waals surface area contributed by atoms with Crippen LogP contribution in [0.25, 0.3) is 0 Å². The predicted molar refractivity (Wildman–Crippen MR) is 49.8 cm³/mol. The molecule has 1 nitrogen and oxygen atoms in total. The minimum atomic E-state index is -0.756. The lowest BCUT2D eigenvalue weighted by atomic mass is 9.94. The van der Waals surface area contributed by atoms with Gasteiger partial charge in [0.2, 0.25) is 0 Å². The first-order chi connectivity index (χ1) is 5.83. The number of alkyl halides is 1. The normalized spacial score (nSPS) is 23.5. The quantitative estimate of drug-likeness (QED) is 0.652. The van der Waals surface area contributed by atoms with Crippen molar-refractivity contribution in [3.8, 4) is 0 Å². The molecular weight excluding hydrogens is 153 g/mol. The van der Waals surface area contributed by atoms with Crippen LogP contribution in [0.15, 0.2) is 0 Å². The van der Waals surface area contributed by atoms with Crippen LogP contribution in [0.4, 0.5) is 4.39 Å². The molecule has 1 aliphatic carbocycles. The number of rotatable bonds is 3. The molecular formula is C10H20FN. The first-order valence-electron chi connectivity index (χ1n) is 5.17. The molecule has 1 rings (SSSR count). The highest BCUT2D eigenvalue weighted by Crippen LogP contribution is 2.26. The molecule has 1 aliphatic rings. The zero-order chi connectivity index (χ0) is 8.81. The summed E-state index contributed by atoms with van der Waals surface area (Å²) in [5.41, 5.74) is 5.25. The summed E-state index contributed by atoms with van der Waals surface area (Å²) in [4.78, 5) is 0. The molecule has 0 amide bonds. The van der Waals surface area contributed by atoms with E-state index in [0.717, 1.165) is 0 Å². The van der Waals surface area contributed by atoms with Gasteiger partial charge < -0.3 is 5.73 Å². The lowest BCUT2D eigenvalue weighted by molar-refractivity contribution is 0.260. The molecule has 0 aromatic carbocycles. The minimum Gasteiger partial charge on any atom is -0.328 e. The van der Waals surface area contributed by atoms with Crippen LogP contribution < -0.4 is 5.73 Å². The number of nitrogens with two attached hydrogens (primary N) is 1. The summed E-state index contributed by atoms with van der Waals surface area (Å²) in [5, 5.41) is 0. The fourth-order valence-electron chi connectivity index (χ4n) is 2.06. The first kappa shape index (κ1) is 9.97. The Morgan fingerprint density at radius 1 is 1.17 bits per heavy atom. The Bertz CT molecular complexity index is 108. The maximum Gasteiger partial charge on any atom is 0.113 e. The van der Waals surface area contributed by atoms with E-state index in [1.807, 2.05) is 0 Å². The summed E-state index contributed by atoms with van der Waals surface area (Å²) in [6, 6.07) is 0. The largest absolute Gasteiger partial charge is 0.328 e. The van der Waals surface area contributed by atoms with E-state index in [1.165, 1.54) is 38.5 Å². The predicted octanol–water partition coefficient (Wildman–Crippen LogP) is 2.64. The Labute approximate surface area is 74.5 Å². The van der Waals surface area contributed by atoms with E-state index >= 15 is 0 Å². The van der Waals surface area contributed by atoms with Crippen molar-refractivity contribution in [1.82, 2.24) is 0 Å². The minimum absolute atomic E-state index is 0.205. The smallest absolute Gasteiger partial charge is 0.113 e. The van der Waals surface area contributed by atoms with Crippen LogP contribution in [0.5, 0.6) is 0 Å². The van der Waals surface area contributed by atoms with Gasteiger partial charge in [-0.25, -0.2) is 4.39 Å². The molecule has 0 radical (unpaired) electrons. The summed E-state index contributed by atoms with van der Waals surface area (Å²) in [6.45, 7) is 0.205. The van der Waals surface area contributed by atoms with Crippen LogP contribution >= 0.6 is 0 Å². The summed E-state index contributed by atoms with van der Waals surface area (Å²) >= 11 is 0. The van der Waals surface area contributed by atoms with Crippen LogP contribution in [0.3, 0.4) is 0 Å². The molecule has 1 saturated carbocycles. The van der Waals surface area contributed by atoms with Crippen LogP contribution in [0.1, 0.15) is 44.9 Å². The van der Waals surface area contributed by atoms with Gasteiger partial charge in [0.1, 0.15) is 6.17 Å². The molecule has 1 fully saturated rings. The lowest BCUT2D eigenvalue weighted by Gasteiger charge is -2.15. The van der Waals surface area contributed by atoms with Crippen molar-refractivity contribution >= 4 is 0 Å². The fraction of sp³-hybridized carbons (Fsp3) is 1.00. The summed E-state index contributed by atoms with van der Waals surface area (Å²) in [6.07, 6.45) is 7.67. The van der Waals surface area contributed by atoms with Gasteiger partial charge in [-0.3, -0.25) is 0 Å². The molecule has 0 saturated heterocycles. The van der Waals surface area contributed by atoms with Crippen molar-refractivity contribution in [2.24, 2.45) is 11.7 Å². The standard InChI is InChI=1S/C10H20FN/c11-10(8-12)7-9-5-3-1-2-4-6-9/h9-10H,1-8,12H2. The van der Waals surface area contributed by atoms with Crippen molar-refractivity contribution in [3.63, 3.8) is 0 Å². The maximum atomic E-state index is 12.9. The molecule has 12 heavy (non-hydrogen) atoms. The highest BCUT2D eigenvalue weighted by molar-refractivity contribution is 4.69. The fourth-order valence-corrected chi connectivity index (χ4v) is 2.06. The Morgan fingerprint density at radius 2 is 1.75 bits per heavy atom. The molecule has 0 spiro atoms. The van der Waals surface area contributed by atoms with Crippen molar-refractivity contribution in [2.75, 3.05) is 6.54 Å². The molecule has 0 aliphatic heterocycles. The van der Waals surface area contributed by atoms with Gasteiger partial charge >= 0.3 is 0 Å². The molecule has 0 bridgehead atoms. The topological polar surface area (TPSA) is 26.0 Å². The van der Waals surface area contributed by atoms with E-state index in [9.17, 15) is 4.39 Å². The van der Waals surface area contributed by atoms with Gasteiger partial charge in [-0.15, -0.1) is 0 Å². The Hall–Kier alpha value is -0.110. The monoisotopic (exact) mass is 173 g/mol. The first-order valence-corrected chi connectivity index (χ1v) is 5.17. The third-order valence-electron chi connectivity index (χ3n) is 2.82. The average molecular weight is 173 g/mol. The summed E-state index contributed by atoms with van der Waals surface area (Å²) in [7, 11) is 0. The van der Waals surface area contributed by atoms with Gasteiger partial charge in [0, 0.05) is 6.54 Å². The van der Waals surface area contributed by atoms with E-state index in [0.29, 0.717) is 12.3 Å². The molecule has 1 atom stereocenters. The van der Waals surface area contributed by atoms with E-state index in [1.54, 1.807) is 0 Å². The van der Waals surface area contributed by atoms with Crippen molar-refractivity contribution in [2.45, 2.75) is 51.1 Å². The Balaban J connectivity index is 2.20. The van der Waals surface area contributed by atoms with Crippen LogP contribution in [-0.4, -0.2) is 12.7 Å². The van der Waals surface area contributed by atoms with Gasteiger partial charge in [-0.2, -0.15) is 0 Å². The molecule has 0 heterocycles. The van der Waals surface area contributed by atoms with Crippen molar-refractivity contribution < 1.29 is 4.39 Å². The second-order valence-corrected chi connectivity index (χ2v) is 3.93. The van der Waals surface area contributed by atoms with Gasteiger partial charge in [0.15, 0.2) is 0 Å². The zero-order valence-electron chi connectivity index (χ0n) is 7.77. The third kappa shape index (κ3) is 3.53. The Kier molecular flexibility index (Phi) is 4.59. The molecule has 72 valence electrons. The molecule has 2 heteroatoms. The van der Waals surface area contributed by atoms with Gasteiger partial charge in [-0.05, 0) is 12.3 Å². The summed E-state index contributed by atoms with van der Waals surface area (Å²) in [5.74, 6) is 0.617. The molecule has 1 unspecified atom stereocenters. The average Bonchev–Trinajstić information content (AvgIpc) is 2.33. The molecule has 0 aromatic rings. The Morgan fingerprint density at radius 3 is 2.25 bits per heavy atom. The SMILES string of the molecule is NCC(F)CC1CCCCCC1. The van der Waals surface area contributed by atoms with Crippen molar-refractivity contribution in [1.29, 1.82) is 0 Å². The number of halogens is 1. The van der Waals surface area contributed by atoms with Gasteiger partial charge in [0.25, 0.3) is 0 Å². The highest BCUT2D eigenvalue weighted by Gasteiger charge is 2.16. The molecule has 2 N–H and O–H groups in total. The number of hydrogen-bond acceptors (Lipinski definition) is 1. The number of hydrogen-bond donors (Lipinski definition) is 1. The zero-order valence-corrected chi connectivity index (χ0v) is 7.77. The second-order valence-electron chi connectivity index (χ2n) is 3.93. The van der Waals surface area contributed by atoms with E-state index in [2.05, 4.69) is 0 Å². The summed E-state index contributed by atoms with van der Waals surface area (Å²) < 4.78 is 12.9. The van der Waals surface area contributed by atoms with Gasteiger partial charge in [0.05, 0.1) is 0 Å².